The highest BCUT2D eigenvalue weighted by molar-refractivity contribution is 5.48. The van der Waals surface area contributed by atoms with Crippen molar-refractivity contribution in [1.82, 2.24) is 0 Å². The smallest absolute Gasteiger partial charge is 0.132 e. The first-order valence-electron chi connectivity index (χ1n) is 7.82. The highest BCUT2D eigenvalue weighted by Crippen LogP contribution is 2.34. The molecule has 2 atom stereocenters. The molecule has 0 radical (unpaired) electrons. The topological polar surface area (TPSA) is 33.4 Å². The molecule has 0 aliphatic rings. The quantitative estimate of drug-likeness (QED) is 0.679. The Balaban J connectivity index is 1.80. The van der Waals surface area contributed by atoms with E-state index in [2.05, 4.69) is 24.3 Å². The van der Waals surface area contributed by atoms with E-state index in [9.17, 15) is 5.11 Å². The lowest BCUT2D eigenvalue weighted by Gasteiger charge is -2.20. The van der Waals surface area contributed by atoms with E-state index in [0.29, 0.717) is 5.76 Å². The van der Waals surface area contributed by atoms with Crippen LogP contribution < -0.4 is 0 Å². The molecule has 23 heavy (non-hydrogen) atoms. The van der Waals surface area contributed by atoms with E-state index in [4.69, 9.17) is 4.42 Å². The fourth-order valence-corrected chi connectivity index (χ4v) is 2.72. The second-order valence-corrected chi connectivity index (χ2v) is 5.53. The molecule has 2 nitrogen and oxygen atoms in total. The fraction of sp³-hybridized carbons (Fsp3) is 0.143. The molecule has 1 N–H and O–H groups in total. The van der Waals surface area contributed by atoms with Crippen LogP contribution in [-0.4, -0.2) is 5.11 Å². The van der Waals surface area contributed by atoms with Crippen LogP contribution in [-0.2, 0) is 0 Å². The Hall–Kier alpha value is -2.58. The number of aliphatic hydroxyl groups excluding tert-OH is 1. The van der Waals surface area contributed by atoms with Gasteiger partial charge in [-0.2, -0.15) is 0 Å². The Labute approximate surface area is 136 Å². The minimum Gasteiger partial charge on any atom is -0.467 e. The number of benzene rings is 2. The molecule has 0 spiro atoms. The first-order valence-corrected chi connectivity index (χ1v) is 7.82. The first kappa shape index (κ1) is 15.3. The molecule has 3 rings (SSSR count). The highest BCUT2D eigenvalue weighted by Gasteiger charge is 2.23. The van der Waals surface area contributed by atoms with Crippen LogP contribution in [0.1, 0.15) is 35.3 Å². The number of hydrogen-bond acceptors (Lipinski definition) is 2. The molecule has 3 aromatic rings. The van der Waals surface area contributed by atoms with Gasteiger partial charge in [0.2, 0.25) is 0 Å². The molecule has 0 aliphatic carbocycles. The molecule has 0 amide bonds. The molecule has 0 fully saturated rings. The molecule has 2 aromatic carbocycles. The minimum atomic E-state index is -0.659. The van der Waals surface area contributed by atoms with Crippen LogP contribution in [0.5, 0.6) is 0 Å². The van der Waals surface area contributed by atoms with Crippen molar-refractivity contribution in [2.24, 2.45) is 0 Å². The van der Waals surface area contributed by atoms with Crippen LogP contribution in [0.25, 0.3) is 6.08 Å². The van der Waals surface area contributed by atoms with Crippen molar-refractivity contribution < 1.29 is 9.52 Å². The van der Waals surface area contributed by atoms with Crippen molar-refractivity contribution in [3.05, 3.63) is 102 Å². The molecule has 2 heteroatoms. The van der Waals surface area contributed by atoms with Gasteiger partial charge >= 0.3 is 0 Å². The van der Waals surface area contributed by atoms with Gasteiger partial charge in [0.1, 0.15) is 11.9 Å². The maximum Gasteiger partial charge on any atom is 0.132 e. The van der Waals surface area contributed by atoms with Gasteiger partial charge in [0.15, 0.2) is 0 Å². The summed E-state index contributed by atoms with van der Waals surface area (Å²) in [7, 11) is 0. The van der Waals surface area contributed by atoms with Crippen molar-refractivity contribution in [2.45, 2.75) is 18.4 Å². The summed E-state index contributed by atoms with van der Waals surface area (Å²) in [6.45, 7) is 0. The Morgan fingerprint density at radius 3 is 2.22 bits per heavy atom. The van der Waals surface area contributed by atoms with Crippen molar-refractivity contribution >= 4 is 6.08 Å². The van der Waals surface area contributed by atoms with Crippen molar-refractivity contribution in [3.8, 4) is 0 Å². The second kappa shape index (κ2) is 7.61. The van der Waals surface area contributed by atoms with Gasteiger partial charge in [-0.3, -0.25) is 0 Å². The zero-order valence-corrected chi connectivity index (χ0v) is 12.9. The predicted molar refractivity (Wildman–Crippen MR) is 92.9 cm³/mol. The number of rotatable bonds is 6. The lowest BCUT2D eigenvalue weighted by atomic mass is 9.89. The van der Waals surface area contributed by atoms with Crippen molar-refractivity contribution in [2.75, 3.05) is 0 Å². The largest absolute Gasteiger partial charge is 0.467 e. The molecule has 0 unspecified atom stereocenters. The van der Waals surface area contributed by atoms with Crippen LogP contribution in [0, 0.1) is 0 Å². The normalized spacial score (nSPS) is 14.0. The van der Waals surface area contributed by atoms with Crippen LogP contribution in [0.2, 0.25) is 0 Å². The summed E-state index contributed by atoms with van der Waals surface area (Å²) in [4.78, 5) is 0. The van der Waals surface area contributed by atoms with Gasteiger partial charge in [-0.1, -0.05) is 72.8 Å². The molecular weight excluding hydrogens is 284 g/mol. The van der Waals surface area contributed by atoms with Crippen molar-refractivity contribution in [3.63, 3.8) is 0 Å². The van der Waals surface area contributed by atoms with Crippen LogP contribution in [0.4, 0.5) is 0 Å². The summed E-state index contributed by atoms with van der Waals surface area (Å²) >= 11 is 0. The maximum atomic E-state index is 10.7. The standard InChI is InChI=1S/C21H20O2/c22-21(20-15-8-16-23-20)19(18-12-5-2-6-13-18)14-7-11-17-9-3-1-4-10-17/h1-13,15-16,19,21-22H,14H2/b11-7+/t19-,21+/m0/s1. The second-order valence-electron chi connectivity index (χ2n) is 5.53. The molecular formula is C21H20O2. The van der Waals surface area contributed by atoms with E-state index in [1.165, 1.54) is 0 Å². The average molecular weight is 304 g/mol. The van der Waals surface area contributed by atoms with E-state index < -0.39 is 6.10 Å². The minimum absolute atomic E-state index is 0.0395. The summed E-state index contributed by atoms with van der Waals surface area (Å²) in [5.41, 5.74) is 2.26. The molecule has 0 aliphatic heterocycles. The van der Waals surface area contributed by atoms with E-state index in [0.717, 1.165) is 17.5 Å². The maximum absolute atomic E-state index is 10.7. The third kappa shape index (κ3) is 3.99. The highest BCUT2D eigenvalue weighted by atomic mass is 16.4. The van der Waals surface area contributed by atoms with Gasteiger partial charge < -0.3 is 9.52 Å². The summed E-state index contributed by atoms with van der Waals surface area (Å²) in [6.07, 6.45) is 5.87. The molecule has 0 saturated carbocycles. The first-order chi connectivity index (χ1) is 11.3. The van der Waals surface area contributed by atoms with Crippen molar-refractivity contribution in [1.29, 1.82) is 0 Å². The molecule has 0 saturated heterocycles. The Bertz CT molecular complexity index is 715. The summed E-state index contributed by atoms with van der Waals surface area (Å²) in [5, 5.41) is 10.7. The molecule has 1 heterocycles. The number of furan rings is 1. The number of aliphatic hydroxyl groups is 1. The monoisotopic (exact) mass is 304 g/mol. The third-order valence-corrected chi connectivity index (χ3v) is 3.94. The predicted octanol–water partition coefficient (Wildman–Crippen LogP) is 5.20. The van der Waals surface area contributed by atoms with E-state index in [1.807, 2.05) is 54.6 Å². The lowest BCUT2D eigenvalue weighted by Crippen LogP contribution is -2.09. The van der Waals surface area contributed by atoms with Crippen LogP contribution >= 0.6 is 0 Å². The number of allylic oxidation sites excluding steroid dienone is 1. The van der Waals surface area contributed by atoms with E-state index >= 15 is 0 Å². The van der Waals surface area contributed by atoms with Crippen LogP contribution in [0.15, 0.2) is 89.6 Å². The van der Waals surface area contributed by atoms with Gasteiger partial charge in [-0.15, -0.1) is 0 Å². The lowest BCUT2D eigenvalue weighted by molar-refractivity contribution is 0.120. The van der Waals surface area contributed by atoms with Gasteiger partial charge in [0, 0.05) is 5.92 Å². The van der Waals surface area contributed by atoms with E-state index in [1.54, 1.807) is 12.3 Å². The molecule has 0 bridgehead atoms. The molecule has 1 aromatic heterocycles. The molecule has 116 valence electrons. The van der Waals surface area contributed by atoms with Gasteiger partial charge in [-0.05, 0) is 29.7 Å². The summed E-state index contributed by atoms with van der Waals surface area (Å²) in [5.74, 6) is 0.564. The Morgan fingerprint density at radius 1 is 0.870 bits per heavy atom. The fourth-order valence-electron chi connectivity index (χ4n) is 2.72. The van der Waals surface area contributed by atoms with Crippen LogP contribution in [0.3, 0.4) is 0 Å². The average Bonchev–Trinajstić information content (AvgIpc) is 3.15. The number of hydrogen-bond donors (Lipinski definition) is 1. The Morgan fingerprint density at radius 2 is 1.57 bits per heavy atom. The SMILES string of the molecule is O[C@@H](c1ccco1)[C@@H](C/C=C/c1ccccc1)c1ccccc1. The van der Waals surface area contributed by atoms with Gasteiger partial charge in [-0.25, -0.2) is 0 Å². The van der Waals surface area contributed by atoms with Gasteiger partial charge in [0.25, 0.3) is 0 Å². The van der Waals surface area contributed by atoms with E-state index in [-0.39, 0.29) is 5.92 Å². The zero-order chi connectivity index (χ0) is 15.9. The Kier molecular flexibility index (Phi) is 5.07. The van der Waals surface area contributed by atoms with Gasteiger partial charge in [0.05, 0.1) is 6.26 Å². The zero-order valence-electron chi connectivity index (χ0n) is 12.9. The third-order valence-electron chi connectivity index (χ3n) is 3.94. The summed E-state index contributed by atoms with van der Waals surface area (Å²) < 4.78 is 5.39. The summed E-state index contributed by atoms with van der Waals surface area (Å²) in [6, 6.07) is 23.9.